The van der Waals surface area contributed by atoms with Crippen LogP contribution in [0.3, 0.4) is 0 Å². The Morgan fingerprint density at radius 3 is 2.68 bits per heavy atom. The minimum atomic E-state index is -0.988. The van der Waals surface area contributed by atoms with Crippen LogP contribution < -0.4 is 15.8 Å². The lowest BCUT2D eigenvalue weighted by Gasteiger charge is -2.44. The summed E-state index contributed by atoms with van der Waals surface area (Å²) >= 11 is 0. The minimum absolute atomic E-state index is 0.0111. The fourth-order valence-corrected chi connectivity index (χ4v) is 4.30. The molecule has 2 N–H and O–H groups in total. The standard InChI is InChI=1S/C21H22F2N4O4/c1-3-25-16-7-4-11(2)27(16)26-10-14(18(28)19(29)17(26)21(25)31)20(30)24-9-12-5-6-13(22)8-15(12)23/h5-6,8,10-11,16,29H,3-4,7,9H2,1-2H3,(H,24,30)/t11-,16+/m1/s1. The van der Waals surface area contributed by atoms with E-state index in [4.69, 9.17) is 0 Å². The van der Waals surface area contributed by atoms with Crippen molar-refractivity contribution in [1.82, 2.24) is 14.9 Å². The molecular weight excluding hydrogens is 410 g/mol. The Balaban J connectivity index is 1.71. The molecular formula is C21H22F2N4O4. The smallest absolute Gasteiger partial charge is 0.278 e. The van der Waals surface area contributed by atoms with Crippen LogP contribution in [0, 0.1) is 11.6 Å². The van der Waals surface area contributed by atoms with Gasteiger partial charge in [0, 0.05) is 37.0 Å². The molecule has 2 atom stereocenters. The van der Waals surface area contributed by atoms with Crippen molar-refractivity contribution in [1.29, 1.82) is 0 Å². The molecule has 2 amide bonds. The molecule has 2 aliphatic rings. The fraction of sp³-hybridized carbons (Fsp3) is 0.381. The lowest BCUT2D eigenvalue weighted by atomic mass is 10.1. The molecule has 1 saturated heterocycles. The van der Waals surface area contributed by atoms with Gasteiger partial charge in [0.2, 0.25) is 5.43 Å². The quantitative estimate of drug-likeness (QED) is 0.767. The van der Waals surface area contributed by atoms with Crippen LogP contribution in [0.25, 0.3) is 0 Å². The van der Waals surface area contributed by atoms with Crippen molar-refractivity contribution in [2.45, 2.75) is 45.4 Å². The van der Waals surface area contributed by atoms with E-state index in [0.29, 0.717) is 12.6 Å². The van der Waals surface area contributed by atoms with Crippen molar-refractivity contribution in [3.63, 3.8) is 0 Å². The molecule has 3 heterocycles. The Labute approximate surface area is 176 Å². The molecule has 8 nitrogen and oxygen atoms in total. The number of pyridine rings is 1. The molecule has 1 aromatic heterocycles. The highest BCUT2D eigenvalue weighted by Crippen LogP contribution is 2.33. The number of aromatic nitrogens is 1. The Hall–Kier alpha value is -3.43. The number of amides is 2. The topological polar surface area (TPSA) is 94.9 Å². The van der Waals surface area contributed by atoms with Gasteiger partial charge in [0.25, 0.3) is 11.8 Å². The predicted octanol–water partition coefficient (Wildman–Crippen LogP) is 1.68. The first kappa shape index (κ1) is 20.8. The van der Waals surface area contributed by atoms with E-state index in [-0.39, 0.29) is 35.6 Å². The molecule has 10 heteroatoms. The van der Waals surface area contributed by atoms with Crippen LogP contribution in [0.2, 0.25) is 0 Å². The highest BCUT2D eigenvalue weighted by atomic mass is 19.1. The van der Waals surface area contributed by atoms with Gasteiger partial charge in [-0.25, -0.2) is 8.78 Å². The molecule has 164 valence electrons. The molecule has 0 saturated carbocycles. The van der Waals surface area contributed by atoms with Crippen LogP contribution in [0.4, 0.5) is 8.78 Å². The van der Waals surface area contributed by atoms with Crippen molar-refractivity contribution < 1.29 is 23.5 Å². The van der Waals surface area contributed by atoms with Crippen molar-refractivity contribution >= 4 is 11.8 Å². The third kappa shape index (κ3) is 3.31. The Morgan fingerprint density at radius 1 is 1.26 bits per heavy atom. The summed E-state index contributed by atoms with van der Waals surface area (Å²) in [5, 5.41) is 14.8. The van der Waals surface area contributed by atoms with E-state index >= 15 is 0 Å². The highest BCUT2D eigenvalue weighted by molar-refractivity contribution is 5.99. The normalized spacial score (nSPS) is 19.9. The number of nitrogens with one attached hydrogen (secondary N) is 1. The number of carbonyl (C=O) groups excluding carboxylic acids is 2. The van der Waals surface area contributed by atoms with Crippen molar-refractivity contribution in [2.24, 2.45) is 0 Å². The van der Waals surface area contributed by atoms with Gasteiger partial charge in [-0.05, 0) is 32.8 Å². The zero-order valence-corrected chi connectivity index (χ0v) is 17.1. The van der Waals surface area contributed by atoms with Gasteiger partial charge in [-0.15, -0.1) is 0 Å². The summed E-state index contributed by atoms with van der Waals surface area (Å²) in [6.07, 6.45) is 2.52. The van der Waals surface area contributed by atoms with Crippen molar-refractivity contribution in [3.8, 4) is 5.75 Å². The first-order valence-electron chi connectivity index (χ1n) is 10.0. The number of nitrogens with zero attached hydrogens (tertiary/aromatic N) is 3. The van der Waals surface area contributed by atoms with E-state index in [1.54, 1.807) is 4.90 Å². The monoisotopic (exact) mass is 432 g/mol. The van der Waals surface area contributed by atoms with Crippen LogP contribution >= 0.6 is 0 Å². The first-order chi connectivity index (χ1) is 14.7. The number of hydrogen-bond acceptors (Lipinski definition) is 5. The summed E-state index contributed by atoms with van der Waals surface area (Å²) in [5.74, 6) is -3.70. The maximum Gasteiger partial charge on any atom is 0.278 e. The lowest BCUT2D eigenvalue weighted by Crippen LogP contribution is -2.60. The molecule has 2 aromatic rings. The summed E-state index contributed by atoms with van der Waals surface area (Å²) in [4.78, 5) is 39.9. The number of benzene rings is 1. The third-order valence-electron chi connectivity index (χ3n) is 5.88. The second-order valence-corrected chi connectivity index (χ2v) is 7.71. The molecule has 0 radical (unpaired) electrons. The van der Waals surface area contributed by atoms with Gasteiger partial charge in [0.05, 0.1) is 0 Å². The van der Waals surface area contributed by atoms with E-state index in [1.165, 1.54) is 16.9 Å². The predicted molar refractivity (Wildman–Crippen MR) is 107 cm³/mol. The van der Waals surface area contributed by atoms with Crippen LogP contribution in [-0.2, 0) is 6.54 Å². The molecule has 0 aliphatic carbocycles. The molecule has 1 fully saturated rings. The van der Waals surface area contributed by atoms with Gasteiger partial charge in [0.15, 0.2) is 11.4 Å². The summed E-state index contributed by atoms with van der Waals surface area (Å²) in [6, 6.07) is 2.96. The average Bonchev–Trinajstić information content (AvgIpc) is 3.11. The zero-order valence-electron chi connectivity index (χ0n) is 17.1. The van der Waals surface area contributed by atoms with Gasteiger partial charge < -0.3 is 15.3 Å². The summed E-state index contributed by atoms with van der Waals surface area (Å²) in [6.45, 7) is 3.91. The number of fused-ring (bicyclic) bond motifs is 3. The molecule has 31 heavy (non-hydrogen) atoms. The minimum Gasteiger partial charge on any atom is -0.502 e. The van der Waals surface area contributed by atoms with Gasteiger partial charge in [-0.3, -0.25) is 24.1 Å². The third-order valence-corrected chi connectivity index (χ3v) is 5.88. The SMILES string of the molecule is CCN1C(=O)c2c(O)c(=O)c(C(=O)NCc3ccc(F)cc3F)cn2N2[C@H](C)CC[C@@H]12. The maximum atomic E-state index is 13.8. The van der Waals surface area contributed by atoms with Crippen LogP contribution in [-0.4, -0.2) is 45.2 Å². The largest absolute Gasteiger partial charge is 0.502 e. The average molecular weight is 432 g/mol. The van der Waals surface area contributed by atoms with E-state index in [9.17, 15) is 28.3 Å². The molecule has 0 unspecified atom stereocenters. The van der Waals surface area contributed by atoms with Crippen LogP contribution in [0.1, 0.15) is 53.1 Å². The van der Waals surface area contributed by atoms with Crippen LogP contribution in [0.5, 0.6) is 5.75 Å². The van der Waals surface area contributed by atoms with Gasteiger partial charge >= 0.3 is 0 Å². The first-order valence-corrected chi connectivity index (χ1v) is 10.0. The molecule has 0 bridgehead atoms. The molecule has 1 aromatic carbocycles. The summed E-state index contributed by atoms with van der Waals surface area (Å²) < 4.78 is 28.3. The maximum absolute atomic E-state index is 13.8. The Kier molecular flexibility index (Phi) is 5.16. The summed E-state index contributed by atoms with van der Waals surface area (Å²) in [5.41, 5.74) is -1.51. The number of carbonyl (C=O) groups is 2. The van der Waals surface area contributed by atoms with E-state index in [0.717, 1.165) is 18.9 Å². The lowest BCUT2D eigenvalue weighted by molar-refractivity contribution is 0.0600. The highest BCUT2D eigenvalue weighted by Gasteiger charge is 2.44. The van der Waals surface area contributed by atoms with Gasteiger partial charge in [-0.2, -0.15) is 0 Å². The van der Waals surface area contributed by atoms with E-state index < -0.39 is 34.6 Å². The molecule has 0 spiro atoms. The molecule has 4 rings (SSSR count). The van der Waals surface area contributed by atoms with Crippen LogP contribution in [0.15, 0.2) is 29.2 Å². The number of hydrogen-bond donors (Lipinski definition) is 2. The number of rotatable bonds is 4. The van der Waals surface area contributed by atoms with Gasteiger partial charge in [0.1, 0.15) is 23.4 Å². The number of halogens is 2. The fourth-order valence-electron chi connectivity index (χ4n) is 4.30. The molecule has 2 aliphatic heterocycles. The second-order valence-electron chi connectivity index (χ2n) is 7.71. The van der Waals surface area contributed by atoms with Crippen molar-refractivity contribution in [3.05, 3.63) is 63.1 Å². The summed E-state index contributed by atoms with van der Waals surface area (Å²) in [7, 11) is 0. The van der Waals surface area contributed by atoms with E-state index in [2.05, 4.69) is 5.32 Å². The Bertz CT molecular complexity index is 1130. The van der Waals surface area contributed by atoms with Crippen molar-refractivity contribution in [2.75, 3.05) is 11.6 Å². The number of aromatic hydroxyl groups is 1. The van der Waals surface area contributed by atoms with E-state index in [1.807, 2.05) is 18.9 Å². The Morgan fingerprint density at radius 2 is 2.00 bits per heavy atom. The second kappa shape index (κ2) is 7.68. The zero-order chi connectivity index (χ0) is 22.4. The van der Waals surface area contributed by atoms with Gasteiger partial charge in [-0.1, -0.05) is 6.07 Å².